The van der Waals surface area contributed by atoms with E-state index in [4.69, 9.17) is 16.3 Å². The normalized spacial score (nSPS) is 15.0. The molecule has 2 N–H and O–H groups in total. The number of imide groups is 1. The Bertz CT molecular complexity index is 973. The molecule has 1 heterocycles. The van der Waals surface area contributed by atoms with Crippen molar-refractivity contribution >= 4 is 41.2 Å². The number of amides is 4. The molecule has 0 aliphatic carbocycles. The van der Waals surface area contributed by atoms with Crippen LogP contribution in [-0.2, 0) is 9.59 Å². The predicted octanol–water partition coefficient (Wildman–Crippen LogP) is 3.02. The van der Waals surface area contributed by atoms with E-state index in [1.54, 1.807) is 24.3 Å². The van der Waals surface area contributed by atoms with Gasteiger partial charge in [0.2, 0.25) is 5.91 Å². The third-order valence-corrected chi connectivity index (χ3v) is 4.26. The van der Waals surface area contributed by atoms with Crippen molar-refractivity contribution in [1.29, 1.82) is 0 Å². The Morgan fingerprint density at radius 1 is 1.25 bits per heavy atom. The summed E-state index contributed by atoms with van der Waals surface area (Å²) in [4.78, 5) is 37.5. The number of halogens is 2. The number of nitrogens with one attached hydrogen (secondary N) is 2. The highest BCUT2D eigenvalue weighted by Gasteiger charge is 2.35. The van der Waals surface area contributed by atoms with E-state index in [9.17, 15) is 18.8 Å². The lowest BCUT2D eigenvalue weighted by atomic mass is 10.1. The summed E-state index contributed by atoms with van der Waals surface area (Å²) in [5, 5.41) is 4.98. The third kappa shape index (κ3) is 3.96. The van der Waals surface area contributed by atoms with Gasteiger partial charge in [-0.1, -0.05) is 29.8 Å². The van der Waals surface area contributed by atoms with Crippen molar-refractivity contribution in [2.75, 3.05) is 19.0 Å². The average Bonchev–Trinajstić information content (AvgIpc) is 2.92. The van der Waals surface area contributed by atoms with Crippen molar-refractivity contribution < 1.29 is 23.5 Å². The molecule has 1 fully saturated rings. The Hall–Kier alpha value is -3.39. The number of benzene rings is 2. The van der Waals surface area contributed by atoms with Gasteiger partial charge in [0.25, 0.3) is 5.91 Å². The Morgan fingerprint density at radius 3 is 2.71 bits per heavy atom. The second kappa shape index (κ2) is 8.10. The quantitative estimate of drug-likeness (QED) is 0.593. The summed E-state index contributed by atoms with van der Waals surface area (Å²) >= 11 is 5.93. The molecule has 3 rings (SSSR count). The van der Waals surface area contributed by atoms with E-state index in [1.165, 1.54) is 25.3 Å². The second-order valence-corrected chi connectivity index (χ2v) is 6.17. The van der Waals surface area contributed by atoms with Crippen molar-refractivity contribution in [3.63, 3.8) is 0 Å². The highest BCUT2D eigenvalue weighted by atomic mass is 35.5. The van der Waals surface area contributed by atoms with Crippen LogP contribution in [0.1, 0.15) is 5.56 Å². The van der Waals surface area contributed by atoms with E-state index in [0.29, 0.717) is 16.3 Å². The maximum Gasteiger partial charge on any atom is 0.329 e. The van der Waals surface area contributed by atoms with Gasteiger partial charge in [0.1, 0.15) is 23.8 Å². The van der Waals surface area contributed by atoms with Gasteiger partial charge in [0.15, 0.2) is 0 Å². The Labute approximate surface area is 164 Å². The lowest BCUT2D eigenvalue weighted by molar-refractivity contribution is -0.127. The van der Waals surface area contributed by atoms with E-state index in [0.717, 1.165) is 6.08 Å². The first kappa shape index (κ1) is 19.4. The minimum atomic E-state index is -0.793. The molecule has 1 saturated heterocycles. The number of methoxy groups -OCH3 is 1. The molecule has 0 aromatic heterocycles. The largest absolute Gasteiger partial charge is 0.495 e. The number of anilines is 1. The minimum absolute atomic E-state index is 0.0341. The number of carbonyl (C=O) groups excluding carboxylic acids is 3. The maximum absolute atomic E-state index is 13.9. The van der Waals surface area contributed by atoms with Gasteiger partial charge in [0, 0.05) is 5.56 Å². The molecule has 1 aliphatic rings. The molecule has 1 aliphatic heterocycles. The number of hydrogen-bond acceptors (Lipinski definition) is 4. The first-order valence-corrected chi connectivity index (χ1v) is 8.50. The number of hydrogen-bond donors (Lipinski definition) is 2. The van der Waals surface area contributed by atoms with Gasteiger partial charge in [-0.25, -0.2) is 14.1 Å². The summed E-state index contributed by atoms with van der Waals surface area (Å²) in [6, 6.07) is 9.97. The predicted molar refractivity (Wildman–Crippen MR) is 101 cm³/mol. The number of nitrogens with zero attached hydrogens (tertiary/aromatic N) is 1. The zero-order chi connectivity index (χ0) is 20.3. The van der Waals surface area contributed by atoms with Crippen LogP contribution in [0.2, 0.25) is 5.02 Å². The van der Waals surface area contributed by atoms with E-state index in [-0.39, 0.29) is 16.3 Å². The van der Waals surface area contributed by atoms with Crippen molar-refractivity contribution in [3.8, 4) is 5.75 Å². The molecular formula is C19H15ClFN3O4. The molecule has 144 valence electrons. The van der Waals surface area contributed by atoms with E-state index < -0.39 is 30.2 Å². The number of carbonyl (C=O) groups is 3. The van der Waals surface area contributed by atoms with Crippen molar-refractivity contribution in [2.24, 2.45) is 0 Å². The first-order chi connectivity index (χ1) is 13.4. The van der Waals surface area contributed by atoms with Crippen LogP contribution in [0.3, 0.4) is 0 Å². The molecule has 0 atom stereocenters. The van der Waals surface area contributed by atoms with E-state index >= 15 is 0 Å². The zero-order valence-corrected chi connectivity index (χ0v) is 15.4. The van der Waals surface area contributed by atoms with Gasteiger partial charge in [-0.05, 0) is 30.3 Å². The smallest absolute Gasteiger partial charge is 0.329 e. The van der Waals surface area contributed by atoms with Gasteiger partial charge in [-0.15, -0.1) is 0 Å². The molecule has 0 radical (unpaired) electrons. The van der Waals surface area contributed by atoms with Crippen LogP contribution >= 0.6 is 11.6 Å². The average molecular weight is 404 g/mol. The molecule has 2 aromatic carbocycles. The number of ether oxygens (including phenoxy) is 1. The molecule has 28 heavy (non-hydrogen) atoms. The second-order valence-electron chi connectivity index (χ2n) is 5.76. The van der Waals surface area contributed by atoms with E-state index in [2.05, 4.69) is 10.6 Å². The molecule has 2 aromatic rings. The monoisotopic (exact) mass is 403 g/mol. The van der Waals surface area contributed by atoms with Crippen molar-refractivity contribution in [1.82, 2.24) is 10.2 Å². The minimum Gasteiger partial charge on any atom is -0.495 e. The van der Waals surface area contributed by atoms with Gasteiger partial charge in [-0.2, -0.15) is 0 Å². The number of para-hydroxylation sites is 2. The molecule has 4 amide bonds. The van der Waals surface area contributed by atoms with Gasteiger partial charge < -0.3 is 15.4 Å². The summed E-state index contributed by atoms with van der Waals surface area (Å²) < 4.78 is 19.0. The third-order valence-electron chi connectivity index (χ3n) is 3.93. The Balaban J connectivity index is 1.75. The van der Waals surface area contributed by atoms with Crippen LogP contribution < -0.4 is 15.4 Å². The van der Waals surface area contributed by atoms with Crippen LogP contribution in [0.25, 0.3) is 6.08 Å². The van der Waals surface area contributed by atoms with Crippen LogP contribution in [0.5, 0.6) is 5.75 Å². The highest BCUT2D eigenvalue weighted by molar-refractivity contribution is 6.32. The fourth-order valence-electron chi connectivity index (χ4n) is 2.59. The highest BCUT2D eigenvalue weighted by Crippen LogP contribution is 2.24. The summed E-state index contributed by atoms with van der Waals surface area (Å²) in [7, 11) is 1.45. The van der Waals surface area contributed by atoms with Gasteiger partial charge in [0.05, 0.1) is 17.8 Å². The summed E-state index contributed by atoms with van der Waals surface area (Å²) in [6.07, 6.45) is 1.13. The number of rotatable bonds is 5. The molecule has 7 nitrogen and oxygen atoms in total. The Kier molecular flexibility index (Phi) is 5.60. The summed E-state index contributed by atoms with van der Waals surface area (Å²) in [5.41, 5.74) is 0.186. The zero-order valence-electron chi connectivity index (χ0n) is 14.7. The SMILES string of the molecule is COc1ccccc1NC(=O)CN1C(=O)N/C(=C/c2c(F)cccc2Cl)C1=O. The van der Waals surface area contributed by atoms with Gasteiger partial charge in [-0.3, -0.25) is 9.59 Å². The lowest BCUT2D eigenvalue weighted by Crippen LogP contribution is -2.38. The van der Waals surface area contributed by atoms with Crippen LogP contribution in [0.4, 0.5) is 14.9 Å². The topological polar surface area (TPSA) is 87.7 Å². The van der Waals surface area contributed by atoms with Crippen LogP contribution in [0, 0.1) is 5.82 Å². The lowest BCUT2D eigenvalue weighted by Gasteiger charge is -2.13. The first-order valence-electron chi connectivity index (χ1n) is 8.12. The van der Waals surface area contributed by atoms with Crippen molar-refractivity contribution in [3.05, 3.63) is 64.6 Å². The Morgan fingerprint density at radius 2 is 2.00 bits per heavy atom. The molecule has 0 saturated carbocycles. The van der Waals surface area contributed by atoms with Crippen molar-refractivity contribution in [2.45, 2.75) is 0 Å². The molecular weight excluding hydrogens is 389 g/mol. The van der Waals surface area contributed by atoms with Crippen LogP contribution in [0.15, 0.2) is 48.2 Å². The molecule has 0 unspecified atom stereocenters. The fourth-order valence-corrected chi connectivity index (χ4v) is 2.81. The maximum atomic E-state index is 13.9. The number of urea groups is 1. The summed E-state index contributed by atoms with van der Waals surface area (Å²) in [5.74, 6) is -1.57. The standard InChI is InChI=1S/C19H15ClFN3O4/c1-28-16-8-3-2-7-14(16)22-17(25)10-24-18(26)15(23-19(24)27)9-11-12(20)5-4-6-13(11)21/h2-9H,10H2,1H3,(H,22,25)(H,23,27)/b15-9+. The summed E-state index contributed by atoms with van der Waals surface area (Å²) in [6.45, 7) is -0.523. The fraction of sp³-hybridized carbons (Fsp3) is 0.105. The van der Waals surface area contributed by atoms with E-state index in [1.807, 2.05) is 0 Å². The molecule has 0 spiro atoms. The van der Waals surface area contributed by atoms with Gasteiger partial charge >= 0.3 is 6.03 Å². The van der Waals surface area contributed by atoms with Crippen LogP contribution in [-0.4, -0.2) is 36.4 Å². The molecule has 9 heteroatoms. The molecule has 0 bridgehead atoms.